The van der Waals surface area contributed by atoms with Crippen LogP contribution in [-0.2, 0) is 6.18 Å². The van der Waals surface area contributed by atoms with Gasteiger partial charge in [0, 0.05) is 0 Å². The van der Waals surface area contributed by atoms with Crippen molar-refractivity contribution in [1.29, 1.82) is 0 Å². The highest BCUT2D eigenvalue weighted by Gasteiger charge is 2.34. The van der Waals surface area contributed by atoms with Gasteiger partial charge in [0.1, 0.15) is 17.1 Å². The van der Waals surface area contributed by atoms with Gasteiger partial charge in [-0.15, -0.1) is 0 Å². The molecule has 0 radical (unpaired) electrons. The Morgan fingerprint density at radius 1 is 1.21 bits per heavy atom. The van der Waals surface area contributed by atoms with Crippen LogP contribution in [0.5, 0.6) is 11.5 Å². The van der Waals surface area contributed by atoms with Gasteiger partial charge in [0.15, 0.2) is 0 Å². The van der Waals surface area contributed by atoms with Crippen LogP contribution in [0.2, 0.25) is 5.02 Å². The van der Waals surface area contributed by atoms with Crippen LogP contribution in [0, 0.1) is 10.1 Å². The molecule has 126 valence electrons. The van der Waals surface area contributed by atoms with Crippen molar-refractivity contribution in [3.8, 4) is 11.5 Å². The summed E-state index contributed by atoms with van der Waals surface area (Å²) in [6.07, 6.45) is -4.68. The number of carbonyl (C=O) groups is 1. The first-order valence-corrected chi connectivity index (χ1v) is 6.88. The van der Waals surface area contributed by atoms with E-state index < -0.39 is 32.6 Å². The average molecular weight is 380 g/mol. The molecule has 0 atom stereocenters. The number of nitro benzene ring substituents is 1. The summed E-state index contributed by atoms with van der Waals surface area (Å²) in [5.74, 6) is -0.518. The molecule has 24 heavy (non-hydrogen) atoms. The van der Waals surface area contributed by atoms with Gasteiger partial charge in [0.25, 0.3) is 10.9 Å². The monoisotopic (exact) mass is 379 g/mol. The second kappa shape index (κ2) is 6.66. The van der Waals surface area contributed by atoms with E-state index in [1.54, 1.807) is 0 Å². The molecule has 0 amide bonds. The molecule has 0 saturated carbocycles. The van der Waals surface area contributed by atoms with Gasteiger partial charge < -0.3 is 4.74 Å². The fourth-order valence-corrected chi connectivity index (χ4v) is 2.26. The summed E-state index contributed by atoms with van der Waals surface area (Å²) in [6, 6.07) is 6.07. The summed E-state index contributed by atoms with van der Waals surface area (Å²) in [5.41, 5.74) is -2.12. The van der Waals surface area contributed by atoms with Crippen molar-refractivity contribution < 1.29 is 27.6 Å². The fourth-order valence-electron chi connectivity index (χ4n) is 1.83. The molecule has 0 N–H and O–H groups in total. The molecule has 2 aromatic carbocycles. The third kappa shape index (κ3) is 3.77. The second-order valence-electron chi connectivity index (χ2n) is 4.43. The van der Waals surface area contributed by atoms with Crippen molar-refractivity contribution in [3.63, 3.8) is 0 Å². The third-order valence-corrected chi connectivity index (χ3v) is 3.47. The van der Waals surface area contributed by atoms with Crippen LogP contribution in [0.15, 0.2) is 36.4 Å². The highest BCUT2D eigenvalue weighted by molar-refractivity contribution is 6.68. The molecule has 0 bridgehead atoms. The van der Waals surface area contributed by atoms with Crippen molar-refractivity contribution in [2.24, 2.45) is 0 Å². The van der Waals surface area contributed by atoms with E-state index in [2.05, 4.69) is 0 Å². The molecular formula is C14H6Cl2F3NO4. The van der Waals surface area contributed by atoms with E-state index >= 15 is 0 Å². The van der Waals surface area contributed by atoms with E-state index in [-0.39, 0.29) is 17.1 Å². The SMILES string of the molecule is O=C(Cl)c1ccc(Oc2cccc(C(F)(F)F)c2Cl)cc1[N+](=O)[O-]. The Morgan fingerprint density at radius 3 is 2.42 bits per heavy atom. The van der Waals surface area contributed by atoms with Crippen LogP contribution in [0.3, 0.4) is 0 Å². The third-order valence-electron chi connectivity index (χ3n) is 2.87. The summed E-state index contributed by atoms with van der Waals surface area (Å²) < 4.78 is 43.6. The Bertz CT molecular complexity index is 824. The first-order chi connectivity index (χ1) is 11.1. The zero-order valence-corrected chi connectivity index (χ0v) is 12.9. The van der Waals surface area contributed by atoms with Gasteiger partial charge in [-0.2, -0.15) is 13.2 Å². The van der Waals surface area contributed by atoms with Crippen LogP contribution < -0.4 is 4.74 Å². The maximum absolute atomic E-state index is 12.8. The summed E-state index contributed by atoms with van der Waals surface area (Å²) in [6.45, 7) is 0. The number of hydrogen-bond donors (Lipinski definition) is 0. The number of carbonyl (C=O) groups excluding carboxylic acids is 1. The summed E-state index contributed by atoms with van der Waals surface area (Å²) >= 11 is 10.9. The molecule has 0 aromatic heterocycles. The number of halogens is 5. The molecule has 0 spiro atoms. The minimum atomic E-state index is -4.68. The van der Waals surface area contributed by atoms with E-state index in [0.29, 0.717) is 0 Å². The molecule has 5 nitrogen and oxygen atoms in total. The molecule has 10 heteroatoms. The lowest BCUT2D eigenvalue weighted by Gasteiger charge is -2.13. The predicted molar refractivity (Wildman–Crippen MR) is 79.8 cm³/mol. The highest BCUT2D eigenvalue weighted by atomic mass is 35.5. The molecule has 0 unspecified atom stereocenters. The molecule has 0 heterocycles. The maximum atomic E-state index is 12.8. The van der Waals surface area contributed by atoms with Crippen molar-refractivity contribution in [3.05, 3.63) is 62.7 Å². The minimum Gasteiger partial charge on any atom is -0.456 e. The van der Waals surface area contributed by atoms with Crippen molar-refractivity contribution in [2.75, 3.05) is 0 Å². The smallest absolute Gasteiger partial charge is 0.417 e. The summed E-state index contributed by atoms with van der Waals surface area (Å²) in [7, 11) is 0. The zero-order chi connectivity index (χ0) is 18.1. The number of rotatable bonds is 4. The topological polar surface area (TPSA) is 69.4 Å². The van der Waals surface area contributed by atoms with Gasteiger partial charge in [0.05, 0.1) is 21.6 Å². The van der Waals surface area contributed by atoms with E-state index in [4.69, 9.17) is 27.9 Å². The first-order valence-electron chi connectivity index (χ1n) is 6.13. The van der Waals surface area contributed by atoms with Gasteiger partial charge in [-0.1, -0.05) is 17.7 Å². The summed E-state index contributed by atoms with van der Waals surface area (Å²) in [4.78, 5) is 21.2. The number of benzene rings is 2. The van der Waals surface area contributed by atoms with E-state index in [1.807, 2.05) is 0 Å². The van der Waals surface area contributed by atoms with Crippen molar-refractivity contribution in [2.45, 2.75) is 6.18 Å². The first kappa shape index (κ1) is 18.0. The molecular weight excluding hydrogens is 374 g/mol. The Kier molecular flexibility index (Phi) is 5.00. The number of nitro groups is 1. The Labute approximate surface area is 142 Å². The molecule has 2 aromatic rings. The summed E-state index contributed by atoms with van der Waals surface area (Å²) in [5, 5.41) is 9.21. The normalized spacial score (nSPS) is 11.2. The van der Waals surface area contributed by atoms with Crippen molar-refractivity contribution in [1.82, 2.24) is 0 Å². The van der Waals surface area contributed by atoms with E-state index in [1.165, 1.54) is 6.07 Å². The van der Waals surface area contributed by atoms with Gasteiger partial charge >= 0.3 is 6.18 Å². The largest absolute Gasteiger partial charge is 0.456 e. The van der Waals surface area contributed by atoms with Gasteiger partial charge in [0.2, 0.25) is 0 Å². The predicted octanol–water partition coefficient (Wildman–Crippen LogP) is 5.44. The molecule has 0 saturated heterocycles. The van der Waals surface area contributed by atoms with Crippen LogP contribution >= 0.6 is 23.2 Å². The lowest BCUT2D eigenvalue weighted by molar-refractivity contribution is -0.385. The maximum Gasteiger partial charge on any atom is 0.417 e. The molecule has 0 aliphatic heterocycles. The zero-order valence-electron chi connectivity index (χ0n) is 11.4. The Hall–Kier alpha value is -2.32. The Morgan fingerprint density at radius 2 is 1.88 bits per heavy atom. The average Bonchev–Trinajstić information content (AvgIpc) is 2.47. The van der Waals surface area contributed by atoms with Crippen molar-refractivity contribution >= 4 is 34.1 Å². The number of hydrogen-bond acceptors (Lipinski definition) is 4. The minimum absolute atomic E-state index is 0.176. The van der Waals surface area contributed by atoms with Gasteiger partial charge in [-0.25, -0.2) is 0 Å². The van der Waals surface area contributed by atoms with Crippen LogP contribution in [0.25, 0.3) is 0 Å². The number of nitrogens with zero attached hydrogens (tertiary/aromatic N) is 1. The lowest BCUT2D eigenvalue weighted by atomic mass is 10.2. The lowest BCUT2D eigenvalue weighted by Crippen LogP contribution is -2.06. The van der Waals surface area contributed by atoms with Gasteiger partial charge in [-0.05, 0) is 35.9 Å². The highest BCUT2D eigenvalue weighted by Crippen LogP contribution is 2.41. The number of alkyl halides is 3. The van der Waals surface area contributed by atoms with Crippen LogP contribution in [-0.4, -0.2) is 10.2 Å². The van der Waals surface area contributed by atoms with Crippen LogP contribution in [0.1, 0.15) is 15.9 Å². The molecule has 0 aliphatic carbocycles. The standard InChI is InChI=1S/C14H6Cl2F3NO4/c15-12-9(14(17,18)19)2-1-3-11(12)24-7-4-5-8(13(16)21)10(6-7)20(22)23/h1-6H. The molecule has 2 rings (SSSR count). The quantitative estimate of drug-likeness (QED) is 0.403. The van der Waals surface area contributed by atoms with Gasteiger partial charge in [-0.3, -0.25) is 14.9 Å². The van der Waals surface area contributed by atoms with E-state index in [0.717, 1.165) is 30.3 Å². The number of ether oxygens (including phenoxy) is 1. The molecule has 0 aliphatic rings. The fraction of sp³-hybridized carbons (Fsp3) is 0.0714. The van der Waals surface area contributed by atoms with Crippen LogP contribution in [0.4, 0.5) is 18.9 Å². The second-order valence-corrected chi connectivity index (χ2v) is 5.15. The Balaban J connectivity index is 2.44. The van der Waals surface area contributed by atoms with E-state index in [9.17, 15) is 28.1 Å². The molecule has 0 fully saturated rings.